The molecule has 3 heteroatoms. The molecule has 0 aliphatic heterocycles. The highest BCUT2D eigenvalue weighted by Crippen LogP contribution is 2.33. The Morgan fingerprint density at radius 3 is 2.16 bits per heavy atom. The van der Waals surface area contributed by atoms with Gasteiger partial charge in [-0.1, -0.05) is 41.5 Å². The standard InChI is InChI=1S/C16H28N2O/c1-15(2,3)13-9-14(16(4,5)6)18(17-13)10-11-7-12(19)8-11/h9,11-12,19H,7-8,10H2,1-6H3. The molecule has 0 saturated heterocycles. The van der Waals surface area contributed by atoms with Crippen molar-refractivity contribution in [3.63, 3.8) is 0 Å². The molecule has 1 aliphatic rings. The monoisotopic (exact) mass is 264 g/mol. The Balaban J connectivity index is 2.27. The van der Waals surface area contributed by atoms with E-state index < -0.39 is 0 Å². The van der Waals surface area contributed by atoms with E-state index in [1.165, 1.54) is 5.69 Å². The first-order chi connectivity index (χ1) is 8.57. The summed E-state index contributed by atoms with van der Waals surface area (Å²) >= 11 is 0. The molecule has 19 heavy (non-hydrogen) atoms. The first kappa shape index (κ1) is 14.6. The number of nitrogens with zero attached hydrogens (tertiary/aromatic N) is 2. The molecule has 2 rings (SSSR count). The van der Waals surface area contributed by atoms with Crippen LogP contribution >= 0.6 is 0 Å². The molecular formula is C16H28N2O. The van der Waals surface area contributed by atoms with Crippen LogP contribution in [0, 0.1) is 5.92 Å². The van der Waals surface area contributed by atoms with Crippen molar-refractivity contribution < 1.29 is 5.11 Å². The smallest absolute Gasteiger partial charge is 0.0681 e. The molecule has 108 valence electrons. The van der Waals surface area contributed by atoms with Crippen molar-refractivity contribution in [1.29, 1.82) is 0 Å². The highest BCUT2D eigenvalue weighted by Gasteiger charge is 2.31. The van der Waals surface area contributed by atoms with Crippen LogP contribution in [0.25, 0.3) is 0 Å². The fourth-order valence-electron chi connectivity index (χ4n) is 2.62. The van der Waals surface area contributed by atoms with Crippen molar-refractivity contribution in [2.24, 2.45) is 5.92 Å². The number of aliphatic hydroxyl groups is 1. The molecule has 0 unspecified atom stereocenters. The average Bonchev–Trinajstić information content (AvgIpc) is 2.58. The molecule has 1 N–H and O–H groups in total. The molecule has 0 bridgehead atoms. The molecule has 1 fully saturated rings. The minimum Gasteiger partial charge on any atom is -0.393 e. The lowest BCUT2D eigenvalue weighted by molar-refractivity contribution is 0.0328. The summed E-state index contributed by atoms with van der Waals surface area (Å²) in [5.41, 5.74) is 2.67. The maximum atomic E-state index is 9.43. The predicted molar refractivity (Wildman–Crippen MR) is 78.4 cm³/mol. The lowest BCUT2D eigenvalue weighted by Crippen LogP contribution is -2.33. The van der Waals surface area contributed by atoms with Gasteiger partial charge in [0.2, 0.25) is 0 Å². The zero-order valence-electron chi connectivity index (χ0n) is 13.2. The molecule has 0 aromatic carbocycles. The fourth-order valence-corrected chi connectivity index (χ4v) is 2.62. The van der Waals surface area contributed by atoms with Gasteiger partial charge in [0, 0.05) is 23.1 Å². The van der Waals surface area contributed by atoms with Crippen molar-refractivity contribution in [2.75, 3.05) is 0 Å². The van der Waals surface area contributed by atoms with Crippen LogP contribution in [0.5, 0.6) is 0 Å². The molecule has 0 radical (unpaired) electrons. The van der Waals surface area contributed by atoms with Crippen molar-refractivity contribution in [3.8, 4) is 0 Å². The van der Waals surface area contributed by atoms with E-state index in [9.17, 15) is 5.11 Å². The van der Waals surface area contributed by atoms with Crippen LogP contribution in [0.15, 0.2) is 6.07 Å². The van der Waals surface area contributed by atoms with Crippen molar-refractivity contribution in [1.82, 2.24) is 9.78 Å². The van der Waals surface area contributed by atoms with E-state index in [4.69, 9.17) is 5.10 Å². The van der Waals surface area contributed by atoms with Crippen LogP contribution in [0.1, 0.15) is 65.8 Å². The summed E-state index contributed by atoms with van der Waals surface area (Å²) in [4.78, 5) is 0. The van der Waals surface area contributed by atoms with Crippen molar-refractivity contribution in [2.45, 2.75) is 77.9 Å². The van der Waals surface area contributed by atoms with Gasteiger partial charge in [0.1, 0.15) is 0 Å². The van der Waals surface area contributed by atoms with Crippen LogP contribution in [-0.2, 0) is 17.4 Å². The summed E-state index contributed by atoms with van der Waals surface area (Å²) in [7, 11) is 0. The van der Waals surface area contributed by atoms with Gasteiger partial charge < -0.3 is 5.11 Å². The van der Waals surface area contributed by atoms with Gasteiger partial charge in [0.15, 0.2) is 0 Å². The summed E-state index contributed by atoms with van der Waals surface area (Å²) in [6.45, 7) is 14.3. The Morgan fingerprint density at radius 2 is 1.74 bits per heavy atom. The normalized spacial score (nSPS) is 24.4. The topological polar surface area (TPSA) is 38.0 Å². The van der Waals surface area contributed by atoms with E-state index in [0.29, 0.717) is 5.92 Å². The van der Waals surface area contributed by atoms with Crippen LogP contribution in [-0.4, -0.2) is 21.0 Å². The van der Waals surface area contributed by atoms with Crippen molar-refractivity contribution >= 4 is 0 Å². The van der Waals surface area contributed by atoms with E-state index in [0.717, 1.165) is 25.1 Å². The molecule has 1 aliphatic carbocycles. The van der Waals surface area contributed by atoms with E-state index in [1.54, 1.807) is 0 Å². The van der Waals surface area contributed by atoms with Crippen LogP contribution in [0.2, 0.25) is 0 Å². The van der Waals surface area contributed by atoms with Gasteiger partial charge in [-0.05, 0) is 24.8 Å². The summed E-state index contributed by atoms with van der Waals surface area (Å²) in [5.74, 6) is 0.587. The Kier molecular flexibility index (Phi) is 3.54. The Bertz CT molecular complexity index is 442. The molecular weight excluding hydrogens is 236 g/mol. The zero-order chi connectivity index (χ0) is 14.4. The Labute approximate surface area is 117 Å². The number of hydrogen-bond donors (Lipinski definition) is 1. The molecule has 0 atom stereocenters. The molecule has 1 aromatic heterocycles. The van der Waals surface area contributed by atoms with Crippen LogP contribution < -0.4 is 0 Å². The summed E-state index contributed by atoms with van der Waals surface area (Å²) < 4.78 is 2.18. The zero-order valence-corrected chi connectivity index (χ0v) is 13.2. The fraction of sp³-hybridized carbons (Fsp3) is 0.812. The second kappa shape index (κ2) is 4.62. The molecule has 1 heterocycles. The van der Waals surface area contributed by atoms with Gasteiger partial charge in [-0.2, -0.15) is 5.10 Å². The number of aliphatic hydroxyl groups excluding tert-OH is 1. The molecule has 1 saturated carbocycles. The largest absolute Gasteiger partial charge is 0.393 e. The van der Waals surface area contributed by atoms with Gasteiger partial charge >= 0.3 is 0 Å². The number of rotatable bonds is 2. The highest BCUT2D eigenvalue weighted by molar-refractivity contribution is 5.22. The molecule has 3 nitrogen and oxygen atoms in total. The Morgan fingerprint density at radius 1 is 1.16 bits per heavy atom. The van der Waals surface area contributed by atoms with Gasteiger partial charge in [-0.25, -0.2) is 0 Å². The maximum absolute atomic E-state index is 9.43. The minimum atomic E-state index is -0.0827. The lowest BCUT2D eigenvalue weighted by Gasteiger charge is -2.32. The van der Waals surface area contributed by atoms with Gasteiger partial charge in [-0.3, -0.25) is 4.68 Å². The van der Waals surface area contributed by atoms with E-state index in [2.05, 4.69) is 52.3 Å². The highest BCUT2D eigenvalue weighted by atomic mass is 16.3. The lowest BCUT2D eigenvalue weighted by atomic mass is 9.82. The molecule has 0 spiro atoms. The van der Waals surface area contributed by atoms with Gasteiger partial charge in [0.05, 0.1) is 11.8 Å². The third-order valence-corrected chi connectivity index (χ3v) is 3.96. The van der Waals surface area contributed by atoms with E-state index in [-0.39, 0.29) is 16.9 Å². The SMILES string of the molecule is CC(C)(C)c1cc(C(C)(C)C)n(CC2CC(O)C2)n1. The summed E-state index contributed by atoms with van der Waals surface area (Å²) in [5, 5.41) is 14.3. The van der Waals surface area contributed by atoms with Crippen LogP contribution in [0.4, 0.5) is 0 Å². The minimum absolute atomic E-state index is 0.0827. The molecule has 0 amide bonds. The predicted octanol–water partition coefficient (Wildman–Crippen LogP) is 3.25. The average molecular weight is 264 g/mol. The Hall–Kier alpha value is -0.830. The molecule has 1 aromatic rings. The van der Waals surface area contributed by atoms with Crippen LogP contribution in [0.3, 0.4) is 0 Å². The van der Waals surface area contributed by atoms with Gasteiger partial charge in [-0.15, -0.1) is 0 Å². The number of hydrogen-bond acceptors (Lipinski definition) is 2. The van der Waals surface area contributed by atoms with E-state index >= 15 is 0 Å². The maximum Gasteiger partial charge on any atom is 0.0681 e. The first-order valence-corrected chi connectivity index (χ1v) is 7.34. The van der Waals surface area contributed by atoms with Gasteiger partial charge in [0.25, 0.3) is 0 Å². The third-order valence-electron chi connectivity index (χ3n) is 3.96. The summed E-state index contributed by atoms with van der Waals surface area (Å²) in [6.07, 6.45) is 1.77. The van der Waals surface area contributed by atoms with Crippen molar-refractivity contribution in [3.05, 3.63) is 17.5 Å². The quantitative estimate of drug-likeness (QED) is 0.890. The third kappa shape index (κ3) is 3.19. The first-order valence-electron chi connectivity index (χ1n) is 7.34. The second-order valence-electron chi connectivity index (χ2n) is 8.09. The summed E-state index contributed by atoms with van der Waals surface area (Å²) in [6, 6.07) is 2.26. The second-order valence-corrected chi connectivity index (χ2v) is 8.09. The number of aromatic nitrogens is 2. The van der Waals surface area contributed by atoms with E-state index in [1.807, 2.05) is 0 Å².